The zero-order chi connectivity index (χ0) is 23.8. The van der Waals surface area contributed by atoms with Gasteiger partial charge in [-0.3, -0.25) is 10.1 Å². The van der Waals surface area contributed by atoms with Gasteiger partial charge in [0.05, 0.1) is 18.1 Å². The molecule has 8 nitrogen and oxygen atoms in total. The first-order valence-corrected chi connectivity index (χ1v) is 12.8. The van der Waals surface area contributed by atoms with E-state index < -0.39 is 10.0 Å². The lowest BCUT2D eigenvalue weighted by molar-refractivity contribution is 0.0730. The minimum absolute atomic E-state index is 0.153. The SMILES string of the molecule is Cc1cc(C)c(C)c(-c2nnc(NC(=O)c3ccc(S(=O)(=O)N4CCOCC4)cc3)s2)c1C. The lowest BCUT2D eigenvalue weighted by Gasteiger charge is -2.26. The largest absolute Gasteiger partial charge is 0.379 e. The normalized spacial score (nSPS) is 14.9. The van der Waals surface area contributed by atoms with Gasteiger partial charge >= 0.3 is 0 Å². The highest BCUT2D eigenvalue weighted by molar-refractivity contribution is 7.89. The Labute approximate surface area is 197 Å². The van der Waals surface area contributed by atoms with Gasteiger partial charge in [0.15, 0.2) is 0 Å². The van der Waals surface area contributed by atoms with Crippen LogP contribution in [-0.2, 0) is 14.8 Å². The van der Waals surface area contributed by atoms with E-state index in [1.807, 2.05) is 0 Å². The van der Waals surface area contributed by atoms with Crippen LogP contribution in [0.15, 0.2) is 35.2 Å². The van der Waals surface area contributed by atoms with Crippen LogP contribution in [0.25, 0.3) is 10.6 Å². The maximum Gasteiger partial charge on any atom is 0.257 e. The van der Waals surface area contributed by atoms with Crippen molar-refractivity contribution in [3.8, 4) is 10.6 Å². The van der Waals surface area contributed by atoms with E-state index in [1.165, 1.54) is 51.0 Å². The Hall–Kier alpha value is -2.66. The molecular formula is C23H26N4O4S2. The van der Waals surface area contributed by atoms with Crippen LogP contribution in [0, 0.1) is 27.7 Å². The van der Waals surface area contributed by atoms with Crippen LogP contribution in [-0.4, -0.2) is 55.1 Å². The molecule has 0 bridgehead atoms. The first-order valence-electron chi connectivity index (χ1n) is 10.6. The van der Waals surface area contributed by atoms with Crippen LogP contribution in [0.1, 0.15) is 32.6 Å². The summed E-state index contributed by atoms with van der Waals surface area (Å²) < 4.78 is 32.1. The lowest BCUT2D eigenvalue weighted by Crippen LogP contribution is -2.40. The topological polar surface area (TPSA) is 101 Å². The van der Waals surface area contributed by atoms with Gasteiger partial charge in [0.25, 0.3) is 5.91 Å². The van der Waals surface area contributed by atoms with Crippen molar-refractivity contribution >= 4 is 32.4 Å². The first kappa shape index (κ1) is 23.5. The Balaban J connectivity index is 1.51. The van der Waals surface area contributed by atoms with Gasteiger partial charge in [-0.2, -0.15) is 4.31 Å². The Morgan fingerprint density at radius 1 is 1.00 bits per heavy atom. The van der Waals surface area contributed by atoms with Crippen LogP contribution in [0.4, 0.5) is 5.13 Å². The van der Waals surface area contributed by atoms with Crippen LogP contribution in [0.3, 0.4) is 0 Å². The number of anilines is 1. The number of sulfonamides is 1. The van der Waals surface area contributed by atoms with E-state index in [9.17, 15) is 13.2 Å². The number of carbonyl (C=O) groups is 1. The number of hydrogen-bond acceptors (Lipinski definition) is 7. The summed E-state index contributed by atoms with van der Waals surface area (Å²) in [7, 11) is -3.60. The standard InChI is InChI=1S/C23H26N4O4S2/c1-14-13-15(2)17(4)20(16(14)3)22-25-26-23(32-22)24-21(28)18-5-7-19(8-6-18)33(29,30)27-9-11-31-12-10-27/h5-8,13H,9-12H2,1-4H3,(H,24,26,28). The molecule has 1 aromatic heterocycles. The molecule has 1 aliphatic heterocycles. The molecule has 0 saturated carbocycles. The zero-order valence-electron chi connectivity index (χ0n) is 19.0. The number of hydrogen-bond donors (Lipinski definition) is 1. The fourth-order valence-electron chi connectivity index (χ4n) is 3.80. The van der Waals surface area contributed by atoms with Gasteiger partial charge in [0, 0.05) is 24.2 Å². The molecule has 0 radical (unpaired) electrons. The zero-order valence-corrected chi connectivity index (χ0v) is 20.6. The summed E-state index contributed by atoms with van der Waals surface area (Å²) in [5.74, 6) is -0.373. The minimum atomic E-state index is -3.60. The Bertz CT molecular complexity index is 1270. The Morgan fingerprint density at radius 3 is 2.21 bits per heavy atom. The maximum atomic E-state index is 12.8. The van der Waals surface area contributed by atoms with Gasteiger partial charge in [-0.15, -0.1) is 10.2 Å². The van der Waals surface area contributed by atoms with Gasteiger partial charge < -0.3 is 4.74 Å². The fourth-order valence-corrected chi connectivity index (χ4v) is 6.10. The first-order chi connectivity index (χ1) is 15.7. The number of aryl methyl sites for hydroxylation is 2. The lowest BCUT2D eigenvalue weighted by atomic mass is 9.95. The highest BCUT2D eigenvalue weighted by Gasteiger charge is 2.26. The Kier molecular flexibility index (Phi) is 6.62. The average Bonchev–Trinajstić information content (AvgIpc) is 3.26. The predicted molar refractivity (Wildman–Crippen MR) is 128 cm³/mol. The number of amides is 1. The summed E-state index contributed by atoms with van der Waals surface area (Å²) in [6, 6.07) is 8.06. The third-order valence-corrected chi connectivity index (χ3v) is 8.72. The quantitative estimate of drug-likeness (QED) is 0.590. The summed E-state index contributed by atoms with van der Waals surface area (Å²) >= 11 is 1.31. The molecule has 10 heteroatoms. The van der Waals surface area contributed by atoms with Gasteiger partial charge in [0.1, 0.15) is 5.01 Å². The number of carbonyl (C=O) groups excluding carboxylic acids is 1. The van der Waals surface area contributed by atoms with Crippen LogP contribution in [0.5, 0.6) is 0 Å². The monoisotopic (exact) mass is 486 g/mol. The molecule has 1 amide bonds. The van der Waals surface area contributed by atoms with E-state index in [0.29, 0.717) is 37.0 Å². The van der Waals surface area contributed by atoms with Crippen LogP contribution in [0.2, 0.25) is 0 Å². The van der Waals surface area contributed by atoms with Gasteiger partial charge in [-0.05, 0) is 74.2 Å². The van der Waals surface area contributed by atoms with Gasteiger partial charge in [0.2, 0.25) is 15.2 Å². The van der Waals surface area contributed by atoms with Crippen LogP contribution < -0.4 is 5.32 Å². The maximum absolute atomic E-state index is 12.8. The molecule has 1 aliphatic rings. The molecule has 4 rings (SSSR count). The van der Waals surface area contributed by atoms with Gasteiger partial charge in [-0.1, -0.05) is 17.4 Å². The predicted octanol–water partition coefficient (Wildman–Crippen LogP) is 3.71. The summed E-state index contributed by atoms with van der Waals surface area (Å²) in [6.07, 6.45) is 0. The van der Waals surface area contributed by atoms with Crippen molar-refractivity contribution in [3.63, 3.8) is 0 Å². The van der Waals surface area contributed by atoms with E-state index in [4.69, 9.17) is 4.74 Å². The molecule has 33 heavy (non-hydrogen) atoms. The van der Waals surface area contributed by atoms with Crippen LogP contribution >= 0.6 is 11.3 Å². The second-order valence-electron chi connectivity index (χ2n) is 8.04. The third-order valence-electron chi connectivity index (χ3n) is 5.95. The molecule has 0 spiro atoms. The molecule has 0 atom stereocenters. The Morgan fingerprint density at radius 2 is 1.61 bits per heavy atom. The number of aromatic nitrogens is 2. The minimum Gasteiger partial charge on any atom is -0.379 e. The smallest absolute Gasteiger partial charge is 0.257 e. The van der Waals surface area contributed by atoms with Crippen molar-refractivity contribution in [1.29, 1.82) is 0 Å². The molecule has 2 heterocycles. The van der Waals surface area contributed by atoms with Crippen molar-refractivity contribution in [2.45, 2.75) is 32.6 Å². The van der Waals surface area contributed by atoms with Crippen molar-refractivity contribution in [2.75, 3.05) is 31.6 Å². The molecule has 1 fully saturated rings. The van der Waals surface area contributed by atoms with Crippen molar-refractivity contribution < 1.29 is 17.9 Å². The van der Waals surface area contributed by atoms with Crippen molar-refractivity contribution in [1.82, 2.24) is 14.5 Å². The molecule has 0 unspecified atom stereocenters. The van der Waals surface area contributed by atoms with E-state index in [-0.39, 0.29) is 10.8 Å². The fraction of sp³-hybridized carbons (Fsp3) is 0.348. The summed E-state index contributed by atoms with van der Waals surface area (Å²) in [5.41, 5.74) is 6.03. The summed E-state index contributed by atoms with van der Waals surface area (Å²) in [6.45, 7) is 9.66. The van der Waals surface area contributed by atoms with E-state index in [2.05, 4.69) is 49.3 Å². The van der Waals surface area contributed by atoms with E-state index in [0.717, 1.165) is 21.7 Å². The summed E-state index contributed by atoms with van der Waals surface area (Å²) in [5, 5.41) is 12.3. The number of ether oxygens (including phenoxy) is 1. The highest BCUT2D eigenvalue weighted by Crippen LogP contribution is 2.34. The second-order valence-corrected chi connectivity index (χ2v) is 11.0. The number of rotatable bonds is 5. The number of nitrogens with zero attached hydrogens (tertiary/aromatic N) is 3. The molecule has 1 N–H and O–H groups in total. The summed E-state index contributed by atoms with van der Waals surface area (Å²) in [4.78, 5) is 12.9. The average molecular weight is 487 g/mol. The molecule has 174 valence electrons. The van der Waals surface area contributed by atoms with Gasteiger partial charge in [-0.25, -0.2) is 8.42 Å². The second kappa shape index (κ2) is 9.30. The highest BCUT2D eigenvalue weighted by atomic mass is 32.2. The number of benzene rings is 2. The number of nitrogens with one attached hydrogen (secondary N) is 1. The molecule has 1 saturated heterocycles. The van der Waals surface area contributed by atoms with Crippen molar-refractivity contribution in [2.24, 2.45) is 0 Å². The number of morpholine rings is 1. The van der Waals surface area contributed by atoms with E-state index >= 15 is 0 Å². The van der Waals surface area contributed by atoms with Crippen molar-refractivity contribution in [3.05, 3.63) is 58.1 Å². The molecular weight excluding hydrogens is 460 g/mol. The van der Waals surface area contributed by atoms with E-state index in [1.54, 1.807) is 0 Å². The third kappa shape index (κ3) is 4.70. The molecule has 3 aromatic rings. The molecule has 2 aromatic carbocycles. The molecule has 0 aliphatic carbocycles.